The van der Waals surface area contributed by atoms with Crippen LogP contribution in [0.2, 0.25) is 0 Å². The van der Waals surface area contributed by atoms with Gasteiger partial charge in [0.1, 0.15) is 5.52 Å². The highest BCUT2D eigenvalue weighted by Crippen LogP contribution is 2.29. The second-order valence-corrected chi connectivity index (χ2v) is 7.65. The molecule has 0 aliphatic carbocycles. The van der Waals surface area contributed by atoms with Crippen molar-refractivity contribution in [3.8, 4) is 0 Å². The van der Waals surface area contributed by atoms with Crippen LogP contribution in [0.3, 0.4) is 0 Å². The summed E-state index contributed by atoms with van der Waals surface area (Å²) in [5.74, 6) is -0.707. The first-order valence-corrected chi connectivity index (χ1v) is 10.0. The van der Waals surface area contributed by atoms with Crippen LogP contribution in [0.25, 0.3) is 11.1 Å². The Morgan fingerprint density at radius 2 is 1.68 bits per heavy atom. The molecule has 2 aromatic carbocycles. The van der Waals surface area contributed by atoms with Gasteiger partial charge in [0, 0.05) is 22.7 Å². The molecule has 0 unspecified atom stereocenters. The first-order valence-electron chi connectivity index (χ1n) is 10.0. The van der Waals surface area contributed by atoms with E-state index in [4.69, 9.17) is 15.9 Å². The third-order valence-electron chi connectivity index (χ3n) is 5.40. The number of piperidine rings is 1. The average molecular weight is 421 g/mol. The summed E-state index contributed by atoms with van der Waals surface area (Å²) in [5, 5.41) is 2.71. The summed E-state index contributed by atoms with van der Waals surface area (Å²) in [6.07, 6.45) is 1.67. The van der Waals surface area contributed by atoms with Crippen molar-refractivity contribution in [1.82, 2.24) is 9.88 Å². The Bertz CT molecular complexity index is 1080. The van der Waals surface area contributed by atoms with Crippen LogP contribution in [0.1, 0.15) is 45.4 Å². The number of amides is 3. The highest BCUT2D eigenvalue weighted by molar-refractivity contribution is 6.02. The van der Waals surface area contributed by atoms with Gasteiger partial charge >= 0.3 is 0 Å². The van der Waals surface area contributed by atoms with Gasteiger partial charge in [-0.05, 0) is 56.3 Å². The minimum absolute atomic E-state index is 0.103. The van der Waals surface area contributed by atoms with Crippen LogP contribution in [-0.4, -0.2) is 47.2 Å². The molecule has 160 valence electrons. The zero-order chi connectivity index (χ0) is 22.0. The van der Waals surface area contributed by atoms with Crippen molar-refractivity contribution in [2.45, 2.75) is 18.8 Å². The van der Waals surface area contributed by atoms with Crippen molar-refractivity contribution in [2.24, 2.45) is 11.5 Å². The normalized spacial score (nSPS) is 15.1. The van der Waals surface area contributed by atoms with Gasteiger partial charge in [0.05, 0.1) is 6.54 Å². The minimum atomic E-state index is -0.708. The first kappa shape index (κ1) is 20.5. The summed E-state index contributed by atoms with van der Waals surface area (Å²) >= 11 is 0. The van der Waals surface area contributed by atoms with E-state index in [1.54, 1.807) is 0 Å². The molecular weight excluding hydrogens is 398 g/mol. The van der Waals surface area contributed by atoms with Crippen molar-refractivity contribution in [1.29, 1.82) is 0 Å². The zero-order valence-corrected chi connectivity index (χ0v) is 16.8. The Morgan fingerprint density at radius 3 is 2.29 bits per heavy atom. The number of anilines is 1. The van der Waals surface area contributed by atoms with Crippen molar-refractivity contribution >= 4 is 34.5 Å². The van der Waals surface area contributed by atoms with Gasteiger partial charge in [-0.25, -0.2) is 4.98 Å². The summed E-state index contributed by atoms with van der Waals surface area (Å²) in [6, 6.07) is 11.8. The van der Waals surface area contributed by atoms with Crippen LogP contribution in [-0.2, 0) is 4.79 Å². The maximum absolute atomic E-state index is 12.5. The second-order valence-electron chi connectivity index (χ2n) is 7.65. The van der Waals surface area contributed by atoms with Crippen LogP contribution < -0.4 is 16.8 Å². The fourth-order valence-electron chi connectivity index (χ4n) is 3.79. The lowest BCUT2D eigenvalue weighted by molar-refractivity contribution is -0.117. The fraction of sp³-hybridized carbons (Fsp3) is 0.273. The Morgan fingerprint density at radius 1 is 1.03 bits per heavy atom. The maximum Gasteiger partial charge on any atom is 0.248 e. The minimum Gasteiger partial charge on any atom is -0.440 e. The molecular formula is C22H23N5O4. The number of oxazole rings is 1. The molecule has 2 heterocycles. The van der Waals surface area contributed by atoms with Gasteiger partial charge in [0.2, 0.25) is 17.7 Å². The van der Waals surface area contributed by atoms with E-state index in [1.807, 2.05) is 29.2 Å². The van der Waals surface area contributed by atoms with E-state index in [9.17, 15) is 14.4 Å². The van der Waals surface area contributed by atoms with Crippen molar-refractivity contribution < 1.29 is 18.8 Å². The highest BCUT2D eigenvalue weighted by Gasteiger charge is 2.25. The first-order chi connectivity index (χ1) is 14.9. The van der Waals surface area contributed by atoms with E-state index in [-0.39, 0.29) is 29.5 Å². The number of primary amides is 2. The lowest BCUT2D eigenvalue weighted by Gasteiger charge is -2.29. The summed E-state index contributed by atoms with van der Waals surface area (Å²) in [5.41, 5.74) is 12.7. The molecule has 3 amide bonds. The third kappa shape index (κ3) is 4.72. The molecule has 1 aliphatic rings. The molecule has 4 rings (SSSR count). The highest BCUT2D eigenvalue weighted by atomic mass is 16.3. The number of likely N-dealkylation sites (tertiary alicyclic amines) is 1. The van der Waals surface area contributed by atoms with E-state index in [1.165, 1.54) is 18.2 Å². The Labute approximate surface area is 178 Å². The Balaban J connectivity index is 1.35. The number of nitrogens with one attached hydrogen (secondary N) is 1. The summed E-state index contributed by atoms with van der Waals surface area (Å²) in [7, 11) is 0. The number of hydrogen-bond donors (Lipinski definition) is 3. The van der Waals surface area contributed by atoms with Crippen LogP contribution in [0.5, 0.6) is 0 Å². The number of carbonyl (C=O) groups excluding carboxylic acids is 3. The summed E-state index contributed by atoms with van der Waals surface area (Å²) in [4.78, 5) is 42.1. The van der Waals surface area contributed by atoms with Gasteiger partial charge in [-0.3, -0.25) is 19.3 Å². The largest absolute Gasteiger partial charge is 0.440 e. The Kier molecular flexibility index (Phi) is 5.68. The van der Waals surface area contributed by atoms with E-state index in [0.29, 0.717) is 5.69 Å². The molecule has 0 bridgehead atoms. The van der Waals surface area contributed by atoms with Crippen LogP contribution >= 0.6 is 0 Å². The molecule has 0 radical (unpaired) electrons. The predicted octanol–water partition coefficient (Wildman–Crippen LogP) is 1.84. The molecule has 9 heteroatoms. The smallest absolute Gasteiger partial charge is 0.248 e. The van der Waals surface area contributed by atoms with Crippen molar-refractivity contribution in [3.63, 3.8) is 0 Å². The molecule has 1 fully saturated rings. The van der Waals surface area contributed by atoms with Crippen LogP contribution in [0, 0.1) is 0 Å². The van der Waals surface area contributed by atoms with Crippen molar-refractivity contribution in [2.75, 3.05) is 25.0 Å². The average Bonchev–Trinajstić information content (AvgIpc) is 3.18. The van der Waals surface area contributed by atoms with Gasteiger partial charge in [-0.2, -0.15) is 0 Å². The molecule has 3 aromatic rings. The fourth-order valence-corrected chi connectivity index (χ4v) is 3.79. The number of fused-ring (bicyclic) bond motifs is 1. The molecule has 1 saturated heterocycles. The summed E-state index contributed by atoms with van der Waals surface area (Å²) in [6.45, 7) is 1.64. The molecule has 5 N–H and O–H groups in total. The number of nitrogens with two attached hydrogens (primary N) is 2. The molecule has 0 saturated carbocycles. The summed E-state index contributed by atoms with van der Waals surface area (Å²) < 4.78 is 5.88. The van der Waals surface area contributed by atoms with Gasteiger partial charge in [-0.15, -0.1) is 0 Å². The number of nitrogens with zero attached hydrogens (tertiary/aromatic N) is 2. The lowest BCUT2D eigenvalue weighted by atomic mass is 9.97. The molecule has 1 aromatic heterocycles. The van der Waals surface area contributed by atoms with E-state index in [2.05, 4.69) is 10.3 Å². The molecule has 1 aliphatic heterocycles. The van der Waals surface area contributed by atoms with Gasteiger partial charge < -0.3 is 21.2 Å². The SMILES string of the molecule is NC(=O)c1cc(NC(=O)CN2CCC(c3nc4ccccc4o3)CC2)cc(C(N)=O)c1. The number of benzene rings is 2. The molecule has 31 heavy (non-hydrogen) atoms. The number of para-hydroxylation sites is 2. The molecule has 0 atom stereocenters. The van der Waals surface area contributed by atoms with Crippen molar-refractivity contribution in [3.05, 3.63) is 59.5 Å². The van der Waals surface area contributed by atoms with Gasteiger partial charge in [0.25, 0.3) is 0 Å². The number of aromatic nitrogens is 1. The van der Waals surface area contributed by atoms with E-state index < -0.39 is 11.8 Å². The van der Waals surface area contributed by atoms with E-state index >= 15 is 0 Å². The van der Waals surface area contributed by atoms with E-state index in [0.717, 1.165) is 42.9 Å². The standard InChI is InChI=1S/C22H23N5O4/c23-20(29)14-9-15(21(24)30)11-16(10-14)25-19(28)12-27-7-5-13(6-8-27)22-26-17-3-1-2-4-18(17)31-22/h1-4,9-11,13H,5-8,12H2,(H2,23,29)(H2,24,30)(H,25,28). The lowest BCUT2D eigenvalue weighted by Crippen LogP contribution is -2.38. The van der Waals surface area contributed by atoms with Crippen LogP contribution in [0.15, 0.2) is 46.9 Å². The number of hydrogen-bond acceptors (Lipinski definition) is 6. The van der Waals surface area contributed by atoms with Gasteiger partial charge in [0.15, 0.2) is 11.5 Å². The zero-order valence-electron chi connectivity index (χ0n) is 16.8. The Hall–Kier alpha value is -3.72. The second kappa shape index (κ2) is 8.57. The maximum atomic E-state index is 12.5. The number of rotatable bonds is 6. The topological polar surface area (TPSA) is 145 Å². The molecule has 9 nitrogen and oxygen atoms in total. The predicted molar refractivity (Wildman–Crippen MR) is 115 cm³/mol. The monoisotopic (exact) mass is 421 g/mol. The molecule has 0 spiro atoms. The third-order valence-corrected chi connectivity index (χ3v) is 5.40. The quantitative estimate of drug-likeness (QED) is 0.554. The van der Waals surface area contributed by atoms with Gasteiger partial charge in [-0.1, -0.05) is 12.1 Å². The number of carbonyl (C=O) groups is 3. The van der Waals surface area contributed by atoms with Crippen LogP contribution in [0.4, 0.5) is 5.69 Å².